The zero-order valence-corrected chi connectivity index (χ0v) is 15.2. The number of aryl methyl sites for hydroxylation is 2. The minimum Gasteiger partial charge on any atom is -0.394 e. The van der Waals surface area contributed by atoms with Crippen LogP contribution in [0, 0.1) is 20.8 Å². The van der Waals surface area contributed by atoms with E-state index in [0.717, 1.165) is 54.9 Å². The molecule has 0 bridgehead atoms. The largest absolute Gasteiger partial charge is 0.394 e. The molecule has 0 radical (unpaired) electrons. The van der Waals surface area contributed by atoms with Gasteiger partial charge in [0.05, 0.1) is 43.4 Å². The third kappa shape index (κ3) is 3.93. The van der Waals surface area contributed by atoms with Gasteiger partial charge in [0.2, 0.25) is 0 Å². The molecule has 136 valence electrons. The zero-order chi connectivity index (χ0) is 17.8. The Bertz CT molecular complexity index is 722. The van der Waals surface area contributed by atoms with Crippen LogP contribution in [0.1, 0.15) is 22.6 Å². The first-order chi connectivity index (χ1) is 12.1. The van der Waals surface area contributed by atoms with E-state index in [0.29, 0.717) is 13.1 Å². The molecule has 0 atom stereocenters. The Balaban J connectivity index is 1.69. The Kier molecular flexibility index (Phi) is 5.55. The second kappa shape index (κ2) is 7.84. The van der Waals surface area contributed by atoms with Gasteiger partial charge in [0.15, 0.2) is 0 Å². The van der Waals surface area contributed by atoms with Crippen molar-refractivity contribution in [2.75, 3.05) is 43.1 Å². The normalized spacial score (nSPS) is 14.8. The van der Waals surface area contributed by atoms with Crippen molar-refractivity contribution in [3.63, 3.8) is 0 Å². The van der Waals surface area contributed by atoms with Gasteiger partial charge in [-0.15, -0.1) is 0 Å². The fourth-order valence-electron chi connectivity index (χ4n) is 3.19. The maximum absolute atomic E-state index is 9.13. The number of aliphatic hydroxyl groups is 1. The third-order valence-electron chi connectivity index (χ3n) is 4.70. The van der Waals surface area contributed by atoms with Crippen molar-refractivity contribution in [3.8, 4) is 0 Å². The van der Waals surface area contributed by atoms with E-state index < -0.39 is 0 Å². The third-order valence-corrected chi connectivity index (χ3v) is 4.70. The van der Waals surface area contributed by atoms with Crippen molar-refractivity contribution >= 4 is 11.5 Å². The summed E-state index contributed by atoms with van der Waals surface area (Å²) in [4.78, 5) is 7.00. The highest BCUT2D eigenvalue weighted by Crippen LogP contribution is 2.21. The summed E-state index contributed by atoms with van der Waals surface area (Å²) < 4.78 is 7.26. The number of nitrogens with one attached hydrogen (secondary N) is 1. The number of morpholine rings is 1. The summed E-state index contributed by atoms with van der Waals surface area (Å²) >= 11 is 0. The number of aromatic nitrogens is 3. The maximum Gasteiger partial charge on any atom is 0.129 e. The van der Waals surface area contributed by atoms with Crippen LogP contribution in [0.5, 0.6) is 0 Å². The van der Waals surface area contributed by atoms with E-state index in [1.807, 2.05) is 25.5 Å². The summed E-state index contributed by atoms with van der Waals surface area (Å²) in [7, 11) is 0. The number of pyridine rings is 1. The molecule has 0 amide bonds. The Morgan fingerprint density at radius 1 is 1.16 bits per heavy atom. The molecule has 0 unspecified atom stereocenters. The second-order valence-corrected chi connectivity index (χ2v) is 6.35. The van der Waals surface area contributed by atoms with Crippen molar-refractivity contribution in [2.24, 2.45) is 0 Å². The Labute approximate surface area is 148 Å². The van der Waals surface area contributed by atoms with Crippen LogP contribution >= 0.6 is 0 Å². The molecule has 3 heterocycles. The standard InChI is InChI=1S/C18H27N5O2/c1-13-16(15(3)23(21-13)6-9-24)12-19-17-4-5-18(20-14(17)2)22-7-10-25-11-8-22/h4-5,19,24H,6-12H2,1-3H3. The quantitative estimate of drug-likeness (QED) is 0.829. The van der Waals surface area contributed by atoms with Crippen molar-refractivity contribution < 1.29 is 9.84 Å². The Morgan fingerprint density at radius 3 is 2.60 bits per heavy atom. The molecule has 7 nitrogen and oxygen atoms in total. The predicted molar refractivity (Wildman–Crippen MR) is 98.1 cm³/mol. The SMILES string of the molecule is Cc1nc(N2CCOCC2)ccc1NCc1c(C)nn(CCO)c1C. The van der Waals surface area contributed by atoms with Gasteiger partial charge in [-0.3, -0.25) is 4.68 Å². The average Bonchev–Trinajstić information content (AvgIpc) is 2.89. The number of aliphatic hydroxyl groups excluding tert-OH is 1. The number of ether oxygens (including phenoxy) is 1. The van der Waals surface area contributed by atoms with Crippen LogP contribution in [-0.4, -0.2) is 52.8 Å². The van der Waals surface area contributed by atoms with Gasteiger partial charge in [-0.1, -0.05) is 0 Å². The highest BCUT2D eigenvalue weighted by molar-refractivity contribution is 5.54. The van der Waals surface area contributed by atoms with Gasteiger partial charge in [-0.2, -0.15) is 5.10 Å². The van der Waals surface area contributed by atoms with E-state index in [1.54, 1.807) is 0 Å². The number of hydrogen-bond acceptors (Lipinski definition) is 6. The summed E-state index contributed by atoms with van der Waals surface area (Å²) in [5.41, 5.74) is 5.28. The van der Waals surface area contributed by atoms with Crippen molar-refractivity contribution in [1.82, 2.24) is 14.8 Å². The fourth-order valence-corrected chi connectivity index (χ4v) is 3.19. The molecular weight excluding hydrogens is 318 g/mol. The molecule has 2 aromatic rings. The number of rotatable bonds is 6. The van der Waals surface area contributed by atoms with Crippen LogP contribution in [0.2, 0.25) is 0 Å². The monoisotopic (exact) mass is 345 g/mol. The first-order valence-electron chi connectivity index (χ1n) is 8.78. The Morgan fingerprint density at radius 2 is 1.92 bits per heavy atom. The van der Waals surface area contributed by atoms with Gasteiger partial charge in [-0.05, 0) is 32.9 Å². The van der Waals surface area contributed by atoms with Gasteiger partial charge in [-0.25, -0.2) is 4.98 Å². The van der Waals surface area contributed by atoms with Crippen molar-refractivity contribution in [2.45, 2.75) is 33.9 Å². The zero-order valence-electron chi connectivity index (χ0n) is 15.2. The summed E-state index contributed by atoms with van der Waals surface area (Å²) in [5.74, 6) is 1.01. The molecule has 0 saturated carbocycles. The molecule has 25 heavy (non-hydrogen) atoms. The molecule has 7 heteroatoms. The summed E-state index contributed by atoms with van der Waals surface area (Å²) in [5, 5.41) is 17.1. The summed E-state index contributed by atoms with van der Waals surface area (Å²) in [6.45, 7) is 10.7. The topological polar surface area (TPSA) is 75.4 Å². The fraction of sp³-hybridized carbons (Fsp3) is 0.556. The first-order valence-corrected chi connectivity index (χ1v) is 8.78. The van der Waals surface area contributed by atoms with Crippen LogP contribution in [-0.2, 0) is 17.8 Å². The van der Waals surface area contributed by atoms with E-state index in [9.17, 15) is 0 Å². The Hall–Kier alpha value is -2.12. The lowest BCUT2D eigenvalue weighted by Gasteiger charge is -2.28. The van der Waals surface area contributed by atoms with E-state index in [-0.39, 0.29) is 6.61 Å². The van der Waals surface area contributed by atoms with E-state index >= 15 is 0 Å². The first kappa shape index (κ1) is 17.7. The summed E-state index contributed by atoms with van der Waals surface area (Å²) in [6.07, 6.45) is 0. The van der Waals surface area contributed by atoms with Crippen LogP contribution in [0.15, 0.2) is 12.1 Å². The van der Waals surface area contributed by atoms with Crippen LogP contribution in [0.3, 0.4) is 0 Å². The lowest BCUT2D eigenvalue weighted by molar-refractivity contribution is 0.122. The number of hydrogen-bond donors (Lipinski definition) is 2. The van der Waals surface area contributed by atoms with Gasteiger partial charge in [0, 0.05) is 30.9 Å². The molecule has 0 aliphatic carbocycles. The maximum atomic E-state index is 9.13. The van der Waals surface area contributed by atoms with Crippen molar-refractivity contribution in [3.05, 3.63) is 34.8 Å². The molecular formula is C18H27N5O2. The lowest BCUT2D eigenvalue weighted by Crippen LogP contribution is -2.36. The lowest BCUT2D eigenvalue weighted by atomic mass is 10.2. The molecule has 3 rings (SSSR count). The molecule has 2 N–H and O–H groups in total. The predicted octanol–water partition coefficient (Wildman–Crippen LogP) is 1.64. The highest BCUT2D eigenvalue weighted by Gasteiger charge is 2.14. The van der Waals surface area contributed by atoms with E-state index in [4.69, 9.17) is 14.8 Å². The molecule has 1 aliphatic heterocycles. The molecule has 1 aliphatic rings. The molecule has 2 aromatic heterocycles. The van der Waals surface area contributed by atoms with Gasteiger partial charge in [0.1, 0.15) is 5.82 Å². The van der Waals surface area contributed by atoms with Gasteiger partial charge in [0.25, 0.3) is 0 Å². The summed E-state index contributed by atoms with van der Waals surface area (Å²) in [6, 6.07) is 4.16. The number of anilines is 2. The second-order valence-electron chi connectivity index (χ2n) is 6.35. The van der Waals surface area contributed by atoms with Crippen molar-refractivity contribution in [1.29, 1.82) is 0 Å². The van der Waals surface area contributed by atoms with E-state index in [2.05, 4.69) is 27.4 Å². The van der Waals surface area contributed by atoms with Gasteiger partial charge >= 0.3 is 0 Å². The van der Waals surface area contributed by atoms with Crippen LogP contribution in [0.4, 0.5) is 11.5 Å². The molecule has 0 spiro atoms. The van der Waals surface area contributed by atoms with Gasteiger partial charge < -0.3 is 20.1 Å². The highest BCUT2D eigenvalue weighted by atomic mass is 16.5. The molecule has 1 fully saturated rings. The van der Waals surface area contributed by atoms with Crippen LogP contribution < -0.4 is 10.2 Å². The smallest absolute Gasteiger partial charge is 0.129 e. The number of nitrogens with zero attached hydrogens (tertiary/aromatic N) is 4. The molecule has 0 aromatic carbocycles. The van der Waals surface area contributed by atoms with Crippen LogP contribution in [0.25, 0.3) is 0 Å². The van der Waals surface area contributed by atoms with E-state index in [1.165, 1.54) is 5.56 Å². The minimum absolute atomic E-state index is 0.0981. The minimum atomic E-state index is 0.0981. The average molecular weight is 345 g/mol. The molecule has 1 saturated heterocycles.